The Morgan fingerprint density at radius 3 is 1.70 bits per heavy atom. The summed E-state index contributed by atoms with van der Waals surface area (Å²) in [6, 6.07) is 0. The Morgan fingerprint density at radius 2 is 1.20 bits per heavy atom. The molecule has 0 N–H and O–H groups in total. The maximum absolute atomic E-state index is 6.35. The van der Waals surface area contributed by atoms with Crippen molar-refractivity contribution in [1.82, 2.24) is 4.90 Å². The van der Waals surface area contributed by atoms with Gasteiger partial charge in [0.2, 0.25) is 0 Å². The van der Waals surface area contributed by atoms with Crippen LogP contribution in [0.3, 0.4) is 0 Å². The summed E-state index contributed by atoms with van der Waals surface area (Å²) in [6.45, 7) is 21.5. The Hall–Kier alpha value is -0.280. The van der Waals surface area contributed by atoms with Gasteiger partial charge in [-0.05, 0) is 41.5 Å². The molecule has 2 unspecified atom stereocenters. The van der Waals surface area contributed by atoms with Gasteiger partial charge >= 0.3 is 0 Å². The Bertz CT molecular complexity index is 448. The molecule has 0 saturated carbocycles. The molecule has 0 aromatic heterocycles. The molecule has 2 atom stereocenters. The summed E-state index contributed by atoms with van der Waals surface area (Å²) in [5, 5.41) is 0. The van der Waals surface area contributed by atoms with Crippen LogP contribution in [0.25, 0.3) is 0 Å². The first-order chi connectivity index (χ1) is 14.1. The number of hydrogen-bond acceptors (Lipinski definition) is 7. The fourth-order valence-electron chi connectivity index (χ4n) is 3.92. The summed E-state index contributed by atoms with van der Waals surface area (Å²) >= 11 is 0. The van der Waals surface area contributed by atoms with Crippen LogP contribution in [0.5, 0.6) is 0 Å². The van der Waals surface area contributed by atoms with Gasteiger partial charge in [0.05, 0.1) is 76.8 Å². The predicted molar refractivity (Wildman–Crippen MR) is 117 cm³/mol. The quantitative estimate of drug-likeness (QED) is 0.416. The van der Waals surface area contributed by atoms with Gasteiger partial charge in [0, 0.05) is 31.5 Å². The second-order valence-electron chi connectivity index (χ2n) is 10.3. The second kappa shape index (κ2) is 12.7. The van der Waals surface area contributed by atoms with Gasteiger partial charge in [0.1, 0.15) is 0 Å². The molecule has 2 rings (SSSR count). The minimum atomic E-state index is -0.111. The molecule has 0 spiro atoms. The van der Waals surface area contributed by atoms with Crippen LogP contribution < -0.4 is 0 Å². The van der Waals surface area contributed by atoms with E-state index >= 15 is 0 Å². The number of likely N-dealkylation sites (tertiary alicyclic amines) is 1. The van der Waals surface area contributed by atoms with Crippen LogP contribution in [0, 0.1) is 11.8 Å². The van der Waals surface area contributed by atoms with Crippen LogP contribution in [0.2, 0.25) is 0 Å². The lowest BCUT2D eigenvalue weighted by Crippen LogP contribution is -2.58. The molecule has 0 amide bonds. The predicted octanol–water partition coefficient (Wildman–Crippen LogP) is 2.61. The number of fused-ring (bicyclic) bond motifs is 2. The molecular formula is C23H45NO6. The van der Waals surface area contributed by atoms with Crippen LogP contribution >= 0.6 is 0 Å². The molecule has 2 aliphatic rings. The van der Waals surface area contributed by atoms with E-state index in [0.29, 0.717) is 57.6 Å². The van der Waals surface area contributed by atoms with Crippen molar-refractivity contribution < 1.29 is 28.4 Å². The van der Waals surface area contributed by atoms with Crippen LogP contribution in [0.4, 0.5) is 0 Å². The van der Waals surface area contributed by atoms with Crippen molar-refractivity contribution in [2.45, 2.75) is 58.8 Å². The molecule has 2 aliphatic heterocycles. The lowest BCUT2D eigenvalue weighted by molar-refractivity contribution is -0.188. The van der Waals surface area contributed by atoms with E-state index in [1.807, 2.05) is 20.8 Å². The summed E-state index contributed by atoms with van der Waals surface area (Å²) in [7, 11) is 0. The first-order valence-electron chi connectivity index (χ1n) is 11.5. The zero-order valence-corrected chi connectivity index (χ0v) is 20.1. The van der Waals surface area contributed by atoms with Gasteiger partial charge in [-0.3, -0.25) is 0 Å². The van der Waals surface area contributed by atoms with Crippen LogP contribution in [0.1, 0.15) is 41.5 Å². The van der Waals surface area contributed by atoms with E-state index < -0.39 is 0 Å². The number of hydrogen-bond donors (Lipinski definition) is 0. The zero-order chi connectivity index (χ0) is 22.0. The molecule has 2 fully saturated rings. The summed E-state index contributed by atoms with van der Waals surface area (Å²) in [5.74, 6) is 0.905. The minimum absolute atomic E-state index is 0.102. The smallest absolute Gasteiger partial charge is 0.0707 e. The first-order valence-corrected chi connectivity index (χ1v) is 11.5. The van der Waals surface area contributed by atoms with E-state index in [2.05, 4.69) is 25.7 Å². The molecule has 0 aromatic rings. The van der Waals surface area contributed by atoms with Crippen molar-refractivity contribution in [1.29, 1.82) is 0 Å². The molecule has 2 saturated heterocycles. The third-order valence-corrected chi connectivity index (χ3v) is 5.13. The topological polar surface area (TPSA) is 58.6 Å². The van der Waals surface area contributed by atoms with E-state index in [4.69, 9.17) is 28.4 Å². The Morgan fingerprint density at radius 1 is 0.700 bits per heavy atom. The Labute approximate surface area is 183 Å². The van der Waals surface area contributed by atoms with Gasteiger partial charge in [0.15, 0.2) is 0 Å². The fourth-order valence-corrected chi connectivity index (χ4v) is 3.92. The van der Waals surface area contributed by atoms with E-state index in [9.17, 15) is 0 Å². The molecule has 2 heterocycles. The van der Waals surface area contributed by atoms with Crippen LogP contribution in [0.15, 0.2) is 0 Å². The zero-order valence-electron chi connectivity index (χ0n) is 20.1. The average molecular weight is 432 g/mol. The fraction of sp³-hybridized carbons (Fsp3) is 1.00. The van der Waals surface area contributed by atoms with E-state index in [1.54, 1.807) is 0 Å². The average Bonchev–Trinajstić information content (AvgIpc) is 2.61. The van der Waals surface area contributed by atoms with Crippen molar-refractivity contribution in [3.63, 3.8) is 0 Å². The molecule has 0 aliphatic carbocycles. The van der Waals surface area contributed by atoms with Crippen molar-refractivity contribution in [2.75, 3.05) is 79.1 Å². The number of ether oxygens (including phenoxy) is 6. The molecular weight excluding hydrogens is 386 g/mol. The van der Waals surface area contributed by atoms with Crippen LogP contribution in [-0.2, 0) is 28.4 Å². The summed E-state index contributed by atoms with van der Waals surface area (Å²) in [5.41, 5.74) is -0.213. The number of rotatable bonds is 13. The summed E-state index contributed by atoms with van der Waals surface area (Å²) in [6.07, 6.45) is 0.312. The lowest BCUT2D eigenvalue weighted by Gasteiger charge is -2.48. The molecule has 0 radical (unpaired) electrons. The highest BCUT2D eigenvalue weighted by molar-refractivity contribution is 4.91. The normalized spacial score (nSPS) is 25.6. The molecule has 2 bridgehead atoms. The lowest BCUT2D eigenvalue weighted by atomic mass is 9.84. The van der Waals surface area contributed by atoms with E-state index in [-0.39, 0.29) is 11.2 Å². The highest BCUT2D eigenvalue weighted by Crippen LogP contribution is 2.32. The maximum Gasteiger partial charge on any atom is 0.0707 e. The number of piperidine rings is 1. The monoisotopic (exact) mass is 431 g/mol. The molecule has 178 valence electrons. The standard InChI is InChI=1S/C23H45NO6/c1-22(2,3)29-14-13-27-12-11-26-10-9-25-8-7-24-15-19-17-28-18-20(16-24)21(19)30-23(4,5)6/h19-21H,7-18H2,1-6H3. The third kappa shape index (κ3) is 10.8. The van der Waals surface area contributed by atoms with Crippen molar-refractivity contribution in [3.8, 4) is 0 Å². The molecule has 7 nitrogen and oxygen atoms in total. The van der Waals surface area contributed by atoms with Gasteiger partial charge in [-0.15, -0.1) is 0 Å². The van der Waals surface area contributed by atoms with Gasteiger partial charge in [-0.25, -0.2) is 0 Å². The molecule has 30 heavy (non-hydrogen) atoms. The second-order valence-corrected chi connectivity index (χ2v) is 10.3. The van der Waals surface area contributed by atoms with Gasteiger partial charge in [-0.2, -0.15) is 0 Å². The largest absolute Gasteiger partial charge is 0.381 e. The maximum atomic E-state index is 6.35. The minimum Gasteiger partial charge on any atom is -0.381 e. The Kier molecular flexibility index (Phi) is 11.0. The van der Waals surface area contributed by atoms with Gasteiger partial charge in [0.25, 0.3) is 0 Å². The van der Waals surface area contributed by atoms with Gasteiger partial charge in [-0.1, -0.05) is 0 Å². The van der Waals surface area contributed by atoms with Crippen LogP contribution in [-0.4, -0.2) is 101 Å². The van der Waals surface area contributed by atoms with E-state index in [0.717, 1.165) is 39.5 Å². The van der Waals surface area contributed by atoms with Crippen molar-refractivity contribution in [2.24, 2.45) is 11.8 Å². The highest BCUT2D eigenvalue weighted by Gasteiger charge is 2.42. The van der Waals surface area contributed by atoms with Crippen molar-refractivity contribution in [3.05, 3.63) is 0 Å². The molecule has 0 aromatic carbocycles. The highest BCUT2D eigenvalue weighted by atomic mass is 16.6. The van der Waals surface area contributed by atoms with Gasteiger partial charge < -0.3 is 33.3 Å². The number of nitrogens with zero attached hydrogens (tertiary/aromatic N) is 1. The summed E-state index contributed by atoms with van der Waals surface area (Å²) in [4.78, 5) is 2.49. The van der Waals surface area contributed by atoms with E-state index in [1.165, 1.54) is 0 Å². The first kappa shape index (κ1) is 26.0. The summed E-state index contributed by atoms with van der Waals surface area (Å²) < 4.78 is 34.5. The Balaban J connectivity index is 1.45. The third-order valence-electron chi connectivity index (χ3n) is 5.13. The molecule has 7 heteroatoms. The van der Waals surface area contributed by atoms with Crippen molar-refractivity contribution >= 4 is 0 Å². The SMILES string of the molecule is CC(C)(C)OCCOCCOCCOCCN1CC2COCC(C1)C2OC(C)(C)C.